The number of hydrogen-bond donors (Lipinski definition) is 1. The molecule has 2 aromatic rings. The largest absolute Gasteiger partial charge is 0.326 e. The number of nitro benzene ring substituents is 1. The van der Waals surface area contributed by atoms with Crippen LogP contribution < -0.4 is 10.2 Å². The van der Waals surface area contributed by atoms with Crippen LogP contribution in [-0.4, -0.2) is 23.3 Å². The average Bonchev–Trinajstić information content (AvgIpc) is 3.28. The van der Waals surface area contributed by atoms with E-state index in [2.05, 4.69) is 5.32 Å². The molecule has 144 valence electrons. The van der Waals surface area contributed by atoms with E-state index in [0.29, 0.717) is 0 Å². The van der Waals surface area contributed by atoms with Gasteiger partial charge in [0.2, 0.25) is 17.6 Å². The molecule has 0 aromatic heterocycles. The van der Waals surface area contributed by atoms with Crippen molar-refractivity contribution in [2.75, 3.05) is 16.8 Å². The minimum atomic E-state index is -0.971. The van der Waals surface area contributed by atoms with Gasteiger partial charge >= 0.3 is 5.69 Å². The Balaban J connectivity index is 1.47. The van der Waals surface area contributed by atoms with E-state index < -0.39 is 28.3 Å². The van der Waals surface area contributed by atoms with Crippen LogP contribution in [0.5, 0.6) is 0 Å². The van der Waals surface area contributed by atoms with E-state index >= 15 is 0 Å². The van der Waals surface area contributed by atoms with Crippen LogP contribution in [0.15, 0.2) is 36.4 Å². The van der Waals surface area contributed by atoms with Crippen LogP contribution in [0.25, 0.3) is 0 Å². The van der Waals surface area contributed by atoms with Gasteiger partial charge in [0.1, 0.15) is 0 Å². The summed E-state index contributed by atoms with van der Waals surface area (Å²) < 4.78 is 13.4. The molecule has 1 fully saturated rings. The van der Waals surface area contributed by atoms with Crippen molar-refractivity contribution in [2.24, 2.45) is 5.92 Å². The summed E-state index contributed by atoms with van der Waals surface area (Å²) in [6.45, 7) is 0.243. The molecule has 1 aliphatic heterocycles. The molecule has 8 heteroatoms. The van der Waals surface area contributed by atoms with E-state index in [1.54, 1.807) is 4.90 Å². The lowest BCUT2D eigenvalue weighted by molar-refractivity contribution is -0.387. The standard InChI is InChI=1S/C20H18FN3O4/c21-17-7-5-15(10-18(17)24(27)28)22-20(26)14-9-19(25)23(11-14)16-6-4-12-2-1-3-13(12)8-16/h4-8,10,14H,1-3,9,11H2,(H,22,26). The van der Waals surface area contributed by atoms with Gasteiger partial charge in [0.15, 0.2) is 0 Å². The summed E-state index contributed by atoms with van der Waals surface area (Å²) in [5.41, 5.74) is 2.76. The van der Waals surface area contributed by atoms with Crippen molar-refractivity contribution in [3.05, 3.63) is 63.5 Å². The topological polar surface area (TPSA) is 92.5 Å². The maximum absolute atomic E-state index is 13.4. The molecule has 0 bridgehead atoms. The number of rotatable bonds is 4. The van der Waals surface area contributed by atoms with Gasteiger partial charge < -0.3 is 10.2 Å². The second-order valence-electron chi connectivity index (χ2n) is 7.12. The van der Waals surface area contributed by atoms with Gasteiger partial charge in [-0.2, -0.15) is 4.39 Å². The van der Waals surface area contributed by atoms with Crippen molar-refractivity contribution < 1.29 is 18.9 Å². The van der Waals surface area contributed by atoms with Gasteiger partial charge in [0, 0.05) is 30.4 Å². The fourth-order valence-corrected chi connectivity index (χ4v) is 3.83. The van der Waals surface area contributed by atoms with Crippen LogP contribution in [-0.2, 0) is 22.4 Å². The van der Waals surface area contributed by atoms with Crippen molar-refractivity contribution >= 4 is 28.9 Å². The molecule has 2 amide bonds. The van der Waals surface area contributed by atoms with E-state index in [9.17, 15) is 24.1 Å². The summed E-state index contributed by atoms with van der Waals surface area (Å²) in [6, 6.07) is 9.13. The molecule has 1 saturated heterocycles. The third-order valence-corrected chi connectivity index (χ3v) is 5.30. The van der Waals surface area contributed by atoms with Crippen molar-refractivity contribution in [3.8, 4) is 0 Å². The molecule has 1 unspecified atom stereocenters. The first-order valence-corrected chi connectivity index (χ1v) is 9.09. The molecule has 28 heavy (non-hydrogen) atoms. The molecular weight excluding hydrogens is 365 g/mol. The molecule has 1 heterocycles. The second-order valence-corrected chi connectivity index (χ2v) is 7.12. The van der Waals surface area contributed by atoms with E-state index in [0.717, 1.165) is 37.1 Å². The van der Waals surface area contributed by atoms with Crippen molar-refractivity contribution in [3.63, 3.8) is 0 Å². The Hall–Kier alpha value is -3.29. The van der Waals surface area contributed by atoms with Gasteiger partial charge in [-0.3, -0.25) is 19.7 Å². The Labute approximate surface area is 160 Å². The molecule has 4 rings (SSSR count). The SMILES string of the molecule is O=C(Nc1ccc(F)c([N+](=O)[O-])c1)C1CC(=O)N(c2ccc3c(c2)CCC3)C1. The highest BCUT2D eigenvalue weighted by atomic mass is 19.1. The number of halogens is 1. The number of nitrogens with one attached hydrogen (secondary N) is 1. The normalized spacial score (nSPS) is 18.2. The number of carbonyl (C=O) groups excluding carboxylic acids is 2. The molecule has 0 saturated carbocycles. The molecule has 2 aliphatic rings. The van der Waals surface area contributed by atoms with Gasteiger partial charge in [0.05, 0.1) is 10.8 Å². The fraction of sp³-hybridized carbons (Fsp3) is 0.300. The number of nitrogens with zero attached hydrogens (tertiary/aromatic N) is 2. The number of amides is 2. The predicted octanol–water partition coefficient (Wildman–Crippen LogP) is 3.21. The van der Waals surface area contributed by atoms with Gasteiger partial charge in [-0.05, 0) is 54.7 Å². The molecule has 2 aromatic carbocycles. The van der Waals surface area contributed by atoms with Gasteiger partial charge in [0.25, 0.3) is 0 Å². The van der Waals surface area contributed by atoms with Crippen molar-refractivity contribution in [1.29, 1.82) is 0 Å². The zero-order valence-corrected chi connectivity index (χ0v) is 15.0. The van der Waals surface area contributed by atoms with E-state index in [4.69, 9.17) is 0 Å². The summed E-state index contributed by atoms with van der Waals surface area (Å²) in [7, 11) is 0. The van der Waals surface area contributed by atoms with Crippen LogP contribution >= 0.6 is 0 Å². The summed E-state index contributed by atoms with van der Waals surface area (Å²) >= 11 is 0. The number of benzene rings is 2. The number of carbonyl (C=O) groups is 2. The lowest BCUT2D eigenvalue weighted by Crippen LogP contribution is -2.28. The Morgan fingerprint density at radius 3 is 2.75 bits per heavy atom. The van der Waals surface area contributed by atoms with Crippen LogP contribution in [0, 0.1) is 21.8 Å². The third kappa shape index (κ3) is 3.33. The van der Waals surface area contributed by atoms with Crippen LogP contribution in [0.1, 0.15) is 24.0 Å². The Morgan fingerprint density at radius 1 is 1.18 bits per heavy atom. The molecule has 1 N–H and O–H groups in total. The maximum atomic E-state index is 13.4. The van der Waals surface area contributed by atoms with Gasteiger partial charge in [-0.1, -0.05) is 6.07 Å². The molecule has 7 nitrogen and oxygen atoms in total. The molecule has 0 spiro atoms. The maximum Gasteiger partial charge on any atom is 0.306 e. The fourth-order valence-electron chi connectivity index (χ4n) is 3.83. The highest BCUT2D eigenvalue weighted by Gasteiger charge is 2.35. The second kappa shape index (κ2) is 7.03. The minimum absolute atomic E-state index is 0.0617. The minimum Gasteiger partial charge on any atom is -0.326 e. The van der Waals surface area contributed by atoms with Crippen LogP contribution in [0.3, 0.4) is 0 Å². The quantitative estimate of drug-likeness (QED) is 0.648. The lowest BCUT2D eigenvalue weighted by atomic mass is 10.1. The van der Waals surface area contributed by atoms with Crippen LogP contribution in [0.2, 0.25) is 0 Å². The Morgan fingerprint density at radius 2 is 1.96 bits per heavy atom. The summed E-state index contributed by atoms with van der Waals surface area (Å²) in [5, 5.41) is 13.4. The smallest absolute Gasteiger partial charge is 0.306 e. The van der Waals surface area contributed by atoms with Crippen LogP contribution in [0.4, 0.5) is 21.5 Å². The zero-order valence-electron chi connectivity index (χ0n) is 15.0. The lowest BCUT2D eigenvalue weighted by Gasteiger charge is -2.18. The molecule has 0 radical (unpaired) electrons. The first-order valence-electron chi connectivity index (χ1n) is 9.09. The first-order chi connectivity index (χ1) is 13.4. The van der Waals surface area contributed by atoms with Crippen molar-refractivity contribution in [2.45, 2.75) is 25.7 Å². The van der Waals surface area contributed by atoms with E-state index in [1.165, 1.54) is 17.2 Å². The highest BCUT2D eigenvalue weighted by molar-refractivity contribution is 6.03. The molecule has 1 atom stereocenters. The number of fused-ring (bicyclic) bond motifs is 1. The Kier molecular flexibility index (Phi) is 4.54. The Bertz CT molecular complexity index is 991. The number of aryl methyl sites for hydroxylation is 2. The predicted molar refractivity (Wildman–Crippen MR) is 101 cm³/mol. The number of nitro groups is 1. The van der Waals surface area contributed by atoms with Gasteiger partial charge in [-0.25, -0.2) is 0 Å². The zero-order chi connectivity index (χ0) is 19.8. The third-order valence-electron chi connectivity index (χ3n) is 5.30. The number of anilines is 2. The number of hydrogen-bond acceptors (Lipinski definition) is 4. The van der Waals surface area contributed by atoms with E-state index in [1.807, 2.05) is 18.2 Å². The monoisotopic (exact) mass is 383 g/mol. The molecular formula is C20H18FN3O4. The summed E-state index contributed by atoms with van der Waals surface area (Å²) in [6.07, 6.45) is 3.23. The first kappa shape index (κ1) is 18.1. The van der Waals surface area contributed by atoms with Gasteiger partial charge in [-0.15, -0.1) is 0 Å². The van der Waals surface area contributed by atoms with Crippen molar-refractivity contribution in [1.82, 2.24) is 0 Å². The molecule has 1 aliphatic carbocycles. The average molecular weight is 383 g/mol. The summed E-state index contributed by atoms with van der Waals surface area (Å²) in [5.74, 6) is -2.10. The van der Waals surface area contributed by atoms with E-state index in [-0.39, 0.29) is 24.6 Å². The summed E-state index contributed by atoms with van der Waals surface area (Å²) in [4.78, 5) is 36.6. The highest BCUT2D eigenvalue weighted by Crippen LogP contribution is 2.31.